The Bertz CT molecular complexity index is 788. The molecule has 0 bridgehead atoms. The highest BCUT2D eigenvalue weighted by atomic mass is 79.9. The number of rotatable bonds is 3. The molecule has 118 valence electrons. The number of anilines is 1. The van der Waals surface area contributed by atoms with Crippen molar-refractivity contribution in [1.29, 1.82) is 0 Å². The van der Waals surface area contributed by atoms with E-state index in [9.17, 15) is 4.57 Å². The van der Waals surface area contributed by atoms with Gasteiger partial charge in [0.05, 0.1) is 12.4 Å². The summed E-state index contributed by atoms with van der Waals surface area (Å²) in [6.07, 6.45) is 3.60. The molecule has 0 amide bonds. The molecule has 0 unspecified atom stereocenters. The van der Waals surface area contributed by atoms with Gasteiger partial charge >= 0.3 is 7.60 Å². The first-order valence-corrected chi connectivity index (χ1v) is 8.86. The van der Waals surface area contributed by atoms with Crippen molar-refractivity contribution < 1.29 is 19.1 Å². The Kier molecular flexibility index (Phi) is 4.04. The number of nitrogen functional groups attached to an aromatic ring is 1. The first kappa shape index (κ1) is 15.6. The van der Waals surface area contributed by atoms with E-state index >= 15 is 0 Å². The second kappa shape index (κ2) is 5.71. The summed E-state index contributed by atoms with van der Waals surface area (Å²) in [5, 5.41) is 0. The summed E-state index contributed by atoms with van der Waals surface area (Å²) in [5.74, 6) is 0.986. The normalized spacial score (nSPS) is 22.9. The smallest absolute Gasteiger partial charge is 0.348 e. The minimum atomic E-state index is -4.17. The lowest BCUT2D eigenvalue weighted by Crippen LogP contribution is -2.10. The Morgan fingerprint density at radius 2 is 2.23 bits per heavy atom. The molecule has 2 aromatic heterocycles. The van der Waals surface area contributed by atoms with Gasteiger partial charge in [0.25, 0.3) is 0 Å². The van der Waals surface area contributed by atoms with Gasteiger partial charge in [-0.15, -0.1) is 0 Å². The van der Waals surface area contributed by atoms with Crippen LogP contribution in [0.5, 0.6) is 0 Å². The quantitative estimate of drug-likeness (QED) is 0.530. The second-order valence-electron chi connectivity index (χ2n) is 4.83. The number of hydrogen-bond donors (Lipinski definition) is 3. The van der Waals surface area contributed by atoms with E-state index in [1.54, 1.807) is 10.9 Å². The first-order valence-electron chi connectivity index (χ1n) is 6.39. The summed E-state index contributed by atoms with van der Waals surface area (Å²) in [4.78, 5) is 30.1. The topological polar surface area (TPSA) is 136 Å². The molecule has 2 aromatic rings. The fraction of sp³-hybridized carbons (Fsp3) is 0.364. The van der Waals surface area contributed by atoms with Gasteiger partial charge in [-0.1, -0.05) is 0 Å². The molecule has 2 atom stereocenters. The first-order chi connectivity index (χ1) is 10.3. The average Bonchev–Trinajstić information content (AvgIpc) is 3.01. The fourth-order valence-electron chi connectivity index (χ4n) is 2.31. The van der Waals surface area contributed by atoms with Gasteiger partial charge in [0.1, 0.15) is 16.3 Å². The Balaban J connectivity index is 1.85. The lowest BCUT2D eigenvalue weighted by atomic mass is 10.2. The molecule has 0 radical (unpaired) electrons. The van der Waals surface area contributed by atoms with Crippen LogP contribution in [0.15, 0.2) is 22.8 Å². The molecule has 0 aromatic carbocycles. The van der Waals surface area contributed by atoms with Gasteiger partial charge in [-0.05, 0) is 34.8 Å². The van der Waals surface area contributed by atoms with E-state index in [0.29, 0.717) is 28.6 Å². The van der Waals surface area contributed by atoms with Crippen molar-refractivity contribution in [3.05, 3.63) is 22.8 Å². The lowest BCUT2D eigenvalue weighted by molar-refractivity contribution is 0.0259. The number of fused-ring (bicyclic) bond motifs is 1. The third-order valence-electron chi connectivity index (χ3n) is 3.23. The molecule has 1 saturated heterocycles. The fourth-order valence-corrected chi connectivity index (χ4v) is 3.19. The van der Waals surface area contributed by atoms with Crippen LogP contribution in [-0.2, 0) is 9.30 Å². The van der Waals surface area contributed by atoms with E-state index in [1.165, 1.54) is 6.08 Å². The molecule has 9 nitrogen and oxygen atoms in total. The number of hydrogen-bond acceptors (Lipinski definition) is 6. The van der Waals surface area contributed by atoms with Crippen molar-refractivity contribution in [3.63, 3.8) is 0 Å². The Morgan fingerprint density at radius 3 is 2.95 bits per heavy atom. The zero-order chi connectivity index (χ0) is 15.9. The number of aromatic nitrogens is 4. The molecule has 0 saturated carbocycles. The Labute approximate surface area is 133 Å². The molecule has 1 aliphatic heterocycles. The second-order valence-corrected chi connectivity index (χ2v) is 7.06. The van der Waals surface area contributed by atoms with Crippen molar-refractivity contribution in [2.24, 2.45) is 0 Å². The number of imidazole rings is 1. The zero-order valence-electron chi connectivity index (χ0n) is 11.2. The number of ether oxygens (including phenoxy) is 1. The summed E-state index contributed by atoms with van der Waals surface area (Å²) in [5.41, 5.74) is 6.76. The number of nitrogens with zero attached hydrogens (tertiary/aromatic N) is 4. The molecule has 0 aliphatic carbocycles. The maximum atomic E-state index is 10.8. The number of halogens is 1. The predicted molar refractivity (Wildman–Crippen MR) is 81.8 cm³/mol. The maximum Gasteiger partial charge on any atom is 0.348 e. The molecule has 3 rings (SSSR count). The molecular weight excluding hydrogens is 377 g/mol. The zero-order valence-corrected chi connectivity index (χ0v) is 13.7. The monoisotopic (exact) mass is 389 g/mol. The Morgan fingerprint density at radius 1 is 1.45 bits per heavy atom. The lowest BCUT2D eigenvalue weighted by Gasteiger charge is -2.13. The number of nitrogens with two attached hydrogens (primary N) is 1. The maximum absolute atomic E-state index is 10.8. The predicted octanol–water partition coefficient (Wildman–Crippen LogP) is 1.54. The van der Waals surface area contributed by atoms with Crippen molar-refractivity contribution >= 4 is 40.6 Å². The van der Waals surface area contributed by atoms with Crippen molar-refractivity contribution in [2.45, 2.75) is 25.2 Å². The largest absolute Gasteiger partial charge is 0.368 e. The molecule has 1 aliphatic rings. The summed E-state index contributed by atoms with van der Waals surface area (Å²) in [7, 11) is -4.17. The van der Waals surface area contributed by atoms with Crippen LogP contribution in [0.1, 0.15) is 19.1 Å². The highest BCUT2D eigenvalue weighted by Gasteiger charge is 2.27. The average molecular weight is 390 g/mol. The third-order valence-corrected chi connectivity index (χ3v) is 4.34. The SMILES string of the molecule is Nc1nc(Br)c2ncn([C@H]3CC[C@@H](/C=C/P(=O)(O)O)O3)c2n1. The molecule has 4 N–H and O–H groups in total. The van der Waals surface area contributed by atoms with Crippen LogP contribution in [0.25, 0.3) is 11.2 Å². The van der Waals surface area contributed by atoms with Gasteiger partial charge in [-0.3, -0.25) is 9.13 Å². The van der Waals surface area contributed by atoms with Gasteiger partial charge in [0.2, 0.25) is 5.95 Å². The molecule has 3 heterocycles. The minimum Gasteiger partial charge on any atom is -0.368 e. The van der Waals surface area contributed by atoms with Crippen molar-refractivity contribution in [2.75, 3.05) is 5.73 Å². The van der Waals surface area contributed by atoms with E-state index in [0.717, 1.165) is 5.82 Å². The van der Waals surface area contributed by atoms with E-state index in [-0.39, 0.29) is 18.3 Å². The molecule has 11 heteroatoms. The van der Waals surface area contributed by atoms with Crippen LogP contribution < -0.4 is 5.73 Å². The van der Waals surface area contributed by atoms with E-state index in [2.05, 4.69) is 30.9 Å². The van der Waals surface area contributed by atoms with E-state index in [4.69, 9.17) is 20.3 Å². The standard InChI is InChI=1S/C11H13BrN5O4P/c12-9-8-10(16-11(13)15-9)17(5-14-8)7-2-1-6(21-7)3-4-22(18,19)20/h3-7H,1-2H2,(H2,13,15,16)(H2,18,19,20)/b4-3+/t6-,7+/m0/s1. The van der Waals surface area contributed by atoms with Gasteiger partial charge < -0.3 is 20.3 Å². The van der Waals surface area contributed by atoms with Crippen LogP contribution in [0.2, 0.25) is 0 Å². The third kappa shape index (κ3) is 3.21. The molecule has 22 heavy (non-hydrogen) atoms. The van der Waals surface area contributed by atoms with Crippen molar-refractivity contribution in [3.8, 4) is 0 Å². The van der Waals surface area contributed by atoms with Crippen molar-refractivity contribution in [1.82, 2.24) is 19.5 Å². The molecule has 1 fully saturated rings. The van der Waals surface area contributed by atoms with Gasteiger partial charge in [0.15, 0.2) is 5.65 Å². The molecule has 0 spiro atoms. The summed E-state index contributed by atoms with van der Waals surface area (Å²) in [6.45, 7) is 0. The highest BCUT2D eigenvalue weighted by Crippen LogP contribution is 2.38. The van der Waals surface area contributed by atoms with Crippen LogP contribution in [0, 0.1) is 0 Å². The van der Waals surface area contributed by atoms with Gasteiger partial charge in [0, 0.05) is 5.82 Å². The van der Waals surface area contributed by atoms with Gasteiger partial charge in [-0.2, -0.15) is 4.98 Å². The van der Waals surface area contributed by atoms with Crippen LogP contribution >= 0.6 is 23.5 Å². The summed E-state index contributed by atoms with van der Waals surface area (Å²) in [6, 6.07) is 0. The van der Waals surface area contributed by atoms with Gasteiger partial charge in [-0.25, -0.2) is 9.97 Å². The Hall–Kier alpha value is -1.32. The highest BCUT2D eigenvalue weighted by molar-refractivity contribution is 9.10. The van der Waals surface area contributed by atoms with E-state index in [1.807, 2.05) is 0 Å². The minimum absolute atomic E-state index is 0.122. The van der Waals surface area contributed by atoms with E-state index < -0.39 is 7.60 Å². The summed E-state index contributed by atoms with van der Waals surface area (Å²) >= 11 is 3.28. The van der Waals surface area contributed by atoms with Crippen LogP contribution in [-0.4, -0.2) is 35.4 Å². The van der Waals surface area contributed by atoms with Crippen LogP contribution in [0.4, 0.5) is 5.95 Å². The van der Waals surface area contributed by atoms with Crippen LogP contribution in [0.3, 0.4) is 0 Å². The molecular formula is C11H13BrN5O4P. The summed E-state index contributed by atoms with van der Waals surface area (Å²) < 4.78 is 18.9.